The van der Waals surface area contributed by atoms with E-state index in [1.165, 1.54) is 0 Å². The molecule has 1 rings (SSSR count). The maximum atomic E-state index is 10.7. The van der Waals surface area contributed by atoms with E-state index in [1.54, 1.807) is 12.1 Å². The lowest BCUT2D eigenvalue weighted by atomic mass is 10.2. The molecule has 58 valence electrons. The maximum absolute atomic E-state index is 10.7. The summed E-state index contributed by atoms with van der Waals surface area (Å²) >= 11 is 7.02. The van der Waals surface area contributed by atoms with E-state index in [1.807, 2.05) is 12.1 Å². The topological polar surface area (TPSA) is 17.1 Å². The first-order valence-corrected chi connectivity index (χ1v) is 4.69. The second-order valence-electron chi connectivity index (χ2n) is 2.14. The maximum Gasteiger partial charge on any atom is 0.216 e. The van der Waals surface area contributed by atoms with Gasteiger partial charge < -0.3 is 0 Å². The highest BCUT2D eigenvalue weighted by molar-refractivity contribution is 9.08. The molecule has 0 aromatic heterocycles. The first-order chi connectivity index (χ1) is 5.24. The van der Waals surface area contributed by atoms with Gasteiger partial charge in [-0.15, -0.1) is 12.6 Å². The van der Waals surface area contributed by atoms with Gasteiger partial charge >= 0.3 is 0 Å². The highest BCUT2D eigenvalue weighted by Gasteiger charge is 1.97. The first kappa shape index (κ1) is 8.81. The minimum absolute atomic E-state index is 0.189. The smallest absolute Gasteiger partial charge is 0.216 e. The van der Waals surface area contributed by atoms with Gasteiger partial charge in [0.2, 0.25) is 5.12 Å². The Kier molecular flexibility index (Phi) is 3.15. The van der Waals surface area contributed by atoms with E-state index in [4.69, 9.17) is 0 Å². The van der Waals surface area contributed by atoms with Gasteiger partial charge in [0.05, 0.1) is 0 Å². The van der Waals surface area contributed by atoms with Gasteiger partial charge in [0.1, 0.15) is 0 Å². The van der Waals surface area contributed by atoms with Crippen LogP contribution in [0.5, 0.6) is 0 Å². The molecule has 1 aromatic carbocycles. The van der Waals surface area contributed by atoms with Crippen molar-refractivity contribution in [3.05, 3.63) is 35.4 Å². The number of hydrogen-bond acceptors (Lipinski definition) is 1. The normalized spacial score (nSPS) is 9.64. The second-order valence-corrected chi connectivity index (χ2v) is 3.10. The molecule has 0 N–H and O–H groups in total. The van der Waals surface area contributed by atoms with Crippen molar-refractivity contribution in [2.45, 2.75) is 5.33 Å². The van der Waals surface area contributed by atoms with Gasteiger partial charge in [0.25, 0.3) is 0 Å². The molecule has 0 radical (unpaired) electrons. The van der Waals surface area contributed by atoms with E-state index < -0.39 is 0 Å². The zero-order valence-electron chi connectivity index (χ0n) is 5.75. The first-order valence-electron chi connectivity index (χ1n) is 3.12. The van der Waals surface area contributed by atoms with Crippen molar-refractivity contribution in [3.63, 3.8) is 0 Å². The standard InChI is InChI=1S/C8H7BrOS/c9-5-6-1-3-7(4-2-6)8(10)11/h1-4H,5H2,(H,10,11). The van der Waals surface area contributed by atoms with Crippen molar-refractivity contribution >= 4 is 33.7 Å². The van der Waals surface area contributed by atoms with Gasteiger partial charge in [-0.25, -0.2) is 0 Å². The fourth-order valence-corrected chi connectivity index (χ4v) is 1.26. The van der Waals surface area contributed by atoms with E-state index in [0.29, 0.717) is 5.56 Å². The number of carbonyl (C=O) groups excluding carboxylic acids is 1. The third-order valence-corrected chi connectivity index (χ3v) is 2.26. The van der Waals surface area contributed by atoms with Crippen molar-refractivity contribution < 1.29 is 4.79 Å². The Balaban J connectivity index is 2.91. The number of thiol groups is 1. The van der Waals surface area contributed by atoms with Gasteiger partial charge in [-0.1, -0.05) is 40.2 Å². The van der Waals surface area contributed by atoms with E-state index in [-0.39, 0.29) is 5.12 Å². The van der Waals surface area contributed by atoms with Crippen molar-refractivity contribution in [1.29, 1.82) is 0 Å². The van der Waals surface area contributed by atoms with Gasteiger partial charge in [-0.2, -0.15) is 0 Å². The largest absolute Gasteiger partial charge is 0.282 e. The lowest BCUT2D eigenvalue weighted by Gasteiger charge is -1.95. The molecule has 0 saturated heterocycles. The summed E-state index contributed by atoms with van der Waals surface area (Å²) < 4.78 is 0. The highest BCUT2D eigenvalue weighted by atomic mass is 79.9. The third kappa shape index (κ3) is 2.34. The van der Waals surface area contributed by atoms with Gasteiger partial charge in [0.15, 0.2) is 0 Å². The molecule has 3 heteroatoms. The highest BCUT2D eigenvalue weighted by Crippen LogP contribution is 2.09. The zero-order valence-corrected chi connectivity index (χ0v) is 8.23. The van der Waals surface area contributed by atoms with Crippen molar-refractivity contribution in [1.82, 2.24) is 0 Å². The van der Waals surface area contributed by atoms with Gasteiger partial charge in [-0.3, -0.25) is 4.79 Å². The SMILES string of the molecule is O=C(S)c1ccc(CBr)cc1. The van der Waals surface area contributed by atoms with Crippen LogP contribution in [0.25, 0.3) is 0 Å². The summed E-state index contributed by atoms with van der Waals surface area (Å²) in [6, 6.07) is 7.34. The number of hydrogen-bond donors (Lipinski definition) is 1. The lowest BCUT2D eigenvalue weighted by Crippen LogP contribution is -1.88. The summed E-state index contributed by atoms with van der Waals surface area (Å²) in [6.45, 7) is 0. The number of halogens is 1. The second kappa shape index (κ2) is 3.93. The van der Waals surface area contributed by atoms with E-state index >= 15 is 0 Å². The number of carbonyl (C=O) groups is 1. The van der Waals surface area contributed by atoms with Crippen LogP contribution in [0.3, 0.4) is 0 Å². The quantitative estimate of drug-likeness (QED) is 0.611. The summed E-state index contributed by atoms with van der Waals surface area (Å²) in [5.41, 5.74) is 1.79. The molecule has 0 heterocycles. The summed E-state index contributed by atoms with van der Waals surface area (Å²) in [7, 11) is 0. The Hall–Kier alpha value is -0.280. The predicted molar refractivity (Wildman–Crippen MR) is 52.4 cm³/mol. The molecular weight excluding hydrogens is 224 g/mol. The average Bonchev–Trinajstić information content (AvgIpc) is 2.05. The molecule has 0 unspecified atom stereocenters. The predicted octanol–water partition coefficient (Wildman–Crippen LogP) is 2.65. The van der Waals surface area contributed by atoms with E-state index in [2.05, 4.69) is 28.6 Å². The monoisotopic (exact) mass is 230 g/mol. The van der Waals surface area contributed by atoms with Crippen LogP contribution in [0.15, 0.2) is 24.3 Å². The van der Waals surface area contributed by atoms with Gasteiger partial charge in [0, 0.05) is 10.9 Å². The van der Waals surface area contributed by atoms with Crippen LogP contribution in [0.1, 0.15) is 15.9 Å². The summed E-state index contributed by atoms with van der Waals surface area (Å²) in [5.74, 6) is 0. The molecule has 0 spiro atoms. The van der Waals surface area contributed by atoms with Crippen LogP contribution in [-0.4, -0.2) is 5.12 Å². The van der Waals surface area contributed by atoms with Crippen LogP contribution in [0, 0.1) is 0 Å². The minimum atomic E-state index is -0.189. The van der Waals surface area contributed by atoms with E-state index in [0.717, 1.165) is 10.9 Å². The fraction of sp³-hybridized carbons (Fsp3) is 0.125. The average molecular weight is 231 g/mol. The summed E-state index contributed by atoms with van der Waals surface area (Å²) in [6.07, 6.45) is 0. The number of rotatable bonds is 2. The molecule has 1 nitrogen and oxygen atoms in total. The molecular formula is C8H7BrOS. The van der Waals surface area contributed by atoms with Gasteiger partial charge in [-0.05, 0) is 5.56 Å². The van der Waals surface area contributed by atoms with E-state index in [9.17, 15) is 4.79 Å². The fourth-order valence-electron chi connectivity index (χ4n) is 0.736. The molecule has 0 aliphatic rings. The summed E-state index contributed by atoms with van der Waals surface area (Å²) in [4.78, 5) is 10.7. The molecule has 0 saturated carbocycles. The molecule has 0 atom stereocenters. The molecule has 0 bridgehead atoms. The molecule has 0 aliphatic heterocycles. The molecule has 0 aliphatic carbocycles. The van der Waals surface area contributed by atoms with Crippen LogP contribution < -0.4 is 0 Å². The van der Waals surface area contributed by atoms with Crippen LogP contribution in [0.4, 0.5) is 0 Å². The minimum Gasteiger partial charge on any atom is -0.282 e. The Labute approximate surface area is 79.3 Å². The molecule has 11 heavy (non-hydrogen) atoms. The third-order valence-electron chi connectivity index (χ3n) is 1.36. The van der Waals surface area contributed by atoms with Crippen LogP contribution >= 0.6 is 28.6 Å². The van der Waals surface area contributed by atoms with Crippen molar-refractivity contribution in [3.8, 4) is 0 Å². The lowest BCUT2D eigenvalue weighted by molar-refractivity contribution is 0.109. The Morgan fingerprint density at radius 3 is 2.27 bits per heavy atom. The molecule has 0 amide bonds. The molecule has 0 fully saturated rings. The Bertz CT molecular complexity index is 255. The van der Waals surface area contributed by atoms with Crippen LogP contribution in [0.2, 0.25) is 0 Å². The number of alkyl halides is 1. The molecule has 1 aromatic rings. The Morgan fingerprint density at radius 1 is 1.36 bits per heavy atom. The Morgan fingerprint density at radius 2 is 1.91 bits per heavy atom. The summed E-state index contributed by atoms with van der Waals surface area (Å²) in [5, 5.41) is 0.625. The number of benzene rings is 1. The van der Waals surface area contributed by atoms with Crippen molar-refractivity contribution in [2.24, 2.45) is 0 Å². The zero-order chi connectivity index (χ0) is 8.27. The van der Waals surface area contributed by atoms with Crippen molar-refractivity contribution in [2.75, 3.05) is 0 Å². The van der Waals surface area contributed by atoms with Crippen LogP contribution in [-0.2, 0) is 5.33 Å².